The van der Waals surface area contributed by atoms with Crippen LogP contribution < -0.4 is 0 Å². The third-order valence-corrected chi connectivity index (χ3v) is 4.79. The molecule has 3 atom stereocenters. The van der Waals surface area contributed by atoms with Crippen LogP contribution in [0.15, 0.2) is 0 Å². The van der Waals surface area contributed by atoms with Crippen LogP contribution in [0.5, 0.6) is 0 Å². The summed E-state index contributed by atoms with van der Waals surface area (Å²) in [7, 11) is 0. The fourth-order valence-corrected chi connectivity index (χ4v) is 3.80. The third kappa shape index (κ3) is 3.23. The van der Waals surface area contributed by atoms with Crippen molar-refractivity contribution in [2.24, 2.45) is 11.8 Å². The zero-order chi connectivity index (χ0) is 12.3. The van der Waals surface area contributed by atoms with Gasteiger partial charge in [-0.1, -0.05) is 26.7 Å². The maximum Gasteiger partial charge on any atom is 0.0679 e. The molecule has 100 valence electrons. The van der Waals surface area contributed by atoms with Crippen LogP contribution in [0.25, 0.3) is 0 Å². The summed E-state index contributed by atoms with van der Waals surface area (Å²) in [6, 6.07) is 0. The van der Waals surface area contributed by atoms with E-state index >= 15 is 0 Å². The van der Waals surface area contributed by atoms with Gasteiger partial charge in [-0.15, -0.1) is 0 Å². The molecule has 1 saturated carbocycles. The Morgan fingerprint density at radius 1 is 1.24 bits per heavy atom. The molecule has 0 bridgehead atoms. The Morgan fingerprint density at radius 3 is 2.71 bits per heavy atom. The van der Waals surface area contributed by atoms with E-state index in [4.69, 9.17) is 4.74 Å². The van der Waals surface area contributed by atoms with E-state index in [9.17, 15) is 5.11 Å². The SMILES string of the molecule is CC(C)C1CCCCC1(O)CCC1CCCO1. The van der Waals surface area contributed by atoms with Crippen LogP contribution in [-0.2, 0) is 4.74 Å². The minimum atomic E-state index is -0.404. The van der Waals surface area contributed by atoms with Crippen molar-refractivity contribution in [1.82, 2.24) is 0 Å². The average Bonchev–Trinajstić information content (AvgIpc) is 2.79. The summed E-state index contributed by atoms with van der Waals surface area (Å²) in [5.41, 5.74) is -0.404. The summed E-state index contributed by atoms with van der Waals surface area (Å²) in [4.78, 5) is 0. The Labute approximate surface area is 106 Å². The monoisotopic (exact) mass is 240 g/mol. The second-order valence-electron chi connectivity index (χ2n) is 6.37. The summed E-state index contributed by atoms with van der Waals surface area (Å²) >= 11 is 0. The maximum absolute atomic E-state index is 10.9. The molecule has 0 radical (unpaired) electrons. The molecule has 2 fully saturated rings. The molecule has 0 spiro atoms. The van der Waals surface area contributed by atoms with Crippen molar-refractivity contribution in [2.45, 2.75) is 76.9 Å². The molecule has 0 amide bonds. The van der Waals surface area contributed by atoms with E-state index in [1.54, 1.807) is 0 Å². The van der Waals surface area contributed by atoms with Crippen molar-refractivity contribution in [2.75, 3.05) is 6.61 Å². The molecule has 1 aliphatic carbocycles. The second-order valence-corrected chi connectivity index (χ2v) is 6.37. The Bertz CT molecular complexity index is 233. The topological polar surface area (TPSA) is 29.5 Å². The maximum atomic E-state index is 10.9. The minimum Gasteiger partial charge on any atom is -0.390 e. The van der Waals surface area contributed by atoms with E-state index in [0.717, 1.165) is 25.9 Å². The van der Waals surface area contributed by atoms with Crippen LogP contribution in [0, 0.1) is 11.8 Å². The molecule has 0 aromatic carbocycles. The molecule has 1 N–H and O–H groups in total. The highest BCUT2D eigenvalue weighted by molar-refractivity contribution is 4.92. The number of rotatable bonds is 4. The normalized spacial score (nSPS) is 38.8. The van der Waals surface area contributed by atoms with Gasteiger partial charge in [-0.05, 0) is 50.4 Å². The first-order valence-electron chi connectivity index (χ1n) is 7.46. The van der Waals surface area contributed by atoms with E-state index in [1.807, 2.05) is 0 Å². The van der Waals surface area contributed by atoms with Crippen LogP contribution in [0.1, 0.15) is 65.2 Å². The summed E-state index contributed by atoms with van der Waals surface area (Å²) in [5, 5.41) is 10.9. The van der Waals surface area contributed by atoms with Crippen LogP contribution in [0.3, 0.4) is 0 Å². The average molecular weight is 240 g/mol. The largest absolute Gasteiger partial charge is 0.390 e. The summed E-state index contributed by atoms with van der Waals surface area (Å²) in [6.45, 7) is 5.44. The van der Waals surface area contributed by atoms with Gasteiger partial charge in [0, 0.05) is 6.61 Å². The lowest BCUT2D eigenvalue weighted by Crippen LogP contribution is -2.43. The Balaban J connectivity index is 1.89. The molecule has 2 nitrogen and oxygen atoms in total. The summed E-state index contributed by atoms with van der Waals surface area (Å²) < 4.78 is 5.67. The molecule has 0 aromatic rings. The van der Waals surface area contributed by atoms with Crippen molar-refractivity contribution in [3.05, 3.63) is 0 Å². The molecule has 17 heavy (non-hydrogen) atoms. The molecule has 1 heterocycles. The molecule has 3 unspecified atom stereocenters. The molecular weight excluding hydrogens is 212 g/mol. The lowest BCUT2D eigenvalue weighted by Gasteiger charge is -2.43. The lowest BCUT2D eigenvalue weighted by atomic mass is 9.68. The van der Waals surface area contributed by atoms with Crippen molar-refractivity contribution in [3.8, 4) is 0 Å². The van der Waals surface area contributed by atoms with Crippen LogP contribution >= 0.6 is 0 Å². The van der Waals surface area contributed by atoms with Gasteiger partial charge in [0.25, 0.3) is 0 Å². The molecule has 2 rings (SSSR count). The smallest absolute Gasteiger partial charge is 0.0679 e. The number of aliphatic hydroxyl groups is 1. The Kier molecular flexibility index (Phi) is 4.48. The van der Waals surface area contributed by atoms with Crippen LogP contribution in [0.4, 0.5) is 0 Å². The molecule has 0 aromatic heterocycles. The van der Waals surface area contributed by atoms with E-state index in [-0.39, 0.29) is 0 Å². The highest BCUT2D eigenvalue weighted by Gasteiger charge is 2.40. The zero-order valence-corrected chi connectivity index (χ0v) is 11.5. The van der Waals surface area contributed by atoms with Crippen LogP contribution in [0.2, 0.25) is 0 Å². The quantitative estimate of drug-likeness (QED) is 0.814. The Morgan fingerprint density at radius 2 is 2.06 bits per heavy atom. The van der Waals surface area contributed by atoms with Crippen molar-refractivity contribution < 1.29 is 9.84 Å². The zero-order valence-electron chi connectivity index (χ0n) is 11.5. The van der Waals surface area contributed by atoms with Crippen molar-refractivity contribution in [1.29, 1.82) is 0 Å². The summed E-state index contributed by atoms with van der Waals surface area (Å²) in [5.74, 6) is 1.10. The Hall–Kier alpha value is -0.0800. The van der Waals surface area contributed by atoms with Gasteiger partial charge < -0.3 is 9.84 Å². The fourth-order valence-electron chi connectivity index (χ4n) is 3.80. The predicted octanol–water partition coefficient (Wildman–Crippen LogP) is 3.52. The third-order valence-electron chi connectivity index (χ3n) is 4.79. The lowest BCUT2D eigenvalue weighted by molar-refractivity contribution is -0.0796. The molecule has 2 heteroatoms. The van der Waals surface area contributed by atoms with Gasteiger partial charge in [0.15, 0.2) is 0 Å². The highest BCUT2D eigenvalue weighted by Crippen LogP contribution is 2.41. The van der Waals surface area contributed by atoms with Crippen LogP contribution in [-0.4, -0.2) is 23.4 Å². The van der Waals surface area contributed by atoms with E-state index in [0.29, 0.717) is 17.9 Å². The van der Waals surface area contributed by atoms with Gasteiger partial charge in [-0.3, -0.25) is 0 Å². The molecule has 1 aliphatic heterocycles. The molecule has 1 saturated heterocycles. The van der Waals surface area contributed by atoms with Crippen molar-refractivity contribution >= 4 is 0 Å². The van der Waals surface area contributed by atoms with E-state index in [1.165, 1.54) is 32.1 Å². The fraction of sp³-hybridized carbons (Fsp3) is 1.00. The van der Waals surface area contributed by atoms with Gasteiger partial charge in [0.2, 0.25) is 0 Å². The predicted molar refractivity (Wildman–Crippen MR) is 70.0 cm³/mol. The van der Waals surface area contributed by atoms with Gasteiger partial charge in [0.05, 0.1) is 11.7 Å². The van der Waals surface area contributed by atoms with Gasteiger partial charge in [-0.25, -0.2) is 0 Å². The second kappa shape index (κ2) is 5.71. The first-order chi connectivity index (χ1) is 8.12. The van der Waals surface area contributed by atoms with E-state index < -0.39 is 5.60 Å². The molecule has 2 aliphatic rings. The highest BCUT2D eigenvalue weighted by atomic mass is 16.5. The molecular formula is C15H28O2. The number of hydrogen-bond acceptors (Lipinski definition) is 2. The first kappa shape index (κ1) is 13.4. The van der Waals surface area contributed by atoms with E-state index in [2.05, 4.69) is 13.8 Å². The van der Waals surface area contributed by atoms with Crippen molar-refractivity contribution in [3.63, 3.8) is 0 Å². The minimum absolute atomic E-state index is 0.404. The van der Waals surface area contributed by atoms with Gasteiger partial charge in [-0.2, -0.15) is 0 Å². The van der Waals surface area contributed by atoms with Gasteiger partial charge in [0.1, 0.15) is 0 Å². The first-order valence-corrected chi connectivity index (χ1v) is 7.46. The number of hydrogen-bond donors (Lipinski definition) is 1. The van der Waals surface area contributed by atoms with Gasteiger partial charge >= 0.3 is 0 Å². The standard InChI is InChI=1S/C15H28O2/c1-12(2)14-7-3-4-9-15(14,16)10-8-13-6-5-11-17-13/h12-14,16H,3-11H2,1-2H3. The number of ether oxygens (including phenoxy) is 1. The summed E-state index contributed by atoms with van der Waals surface area (Å²) in [6.07, 6.45) is 9.53.